The van der Waals surface area contributed by atoms with E-state index in [2.05, 4.69) is 38.1 Å². The normalized spacial score (nSPS) is 28.3. The molecule has 0 amide bonds. The van der Waals surface area contributed by atoms with E-state index in [1.54, 1.807) is 0 Å². The third-order valence-corrected chi connectivity index (χ3v) is 5.74. The first-order chi connectivity index (χ1) is 11.9. The van der Waals surface area contributed by atoms with Gasteiger partial charge in [-0.1, -0.05) is 38.1 Å². The van der Waals surface area contributed by atoms with Crippen LogP contribution in [-0.2, 0) is 27.1 Å². The molecule has 3 rings (SSSR count). The van der Waals surface area contributed by atoms with Crippen LogP contribution < -0.4 is 0 Å². The summed E-state index contributed by atoms with van der Waals surface area (Å²) in [6.07, 6.45) is 4.50. The van der Waals surface area contributed by atoms with Gasteiger partial charge >= 0.3 is 5.97 Å². The van der Waals surface area contributed by atoms with Crippen LogP contribution in [0, 0.1) is 17.3 Å². The highest BCUT2D eigenvalue weighted by molar-refractivity contribution is 5.65. The average Bonchev–Trinajstić information content (AvgIpc) is 3.16. The lowest BCUT2D eigenvalue weighted by Crippen LogP contribution is -2.33. The number of carbonyl (C=O) groups is 1. The molecule has 2 bridgehead atoms. The summed E-state index contributed by atoms with van der Waals surface area (Å²) in [6, 6.07) is 8.51. The van der Waals surface area contributed by atoms with E-state index in [4.69, 9.17) is 9.47 Å². The zero-order valence-corrected chi connectivity index (χ0v) is 15.5. The van der Waals surface area contributed by atoms with Gasteiger partial charge < -0.3 is 14.6 Å². The van der Waals surface area contributed by atoms with E-state index in [1.807, 2.05) is 0 Å². The van der Waals surface area contributed by atoms with Gasteiger partial charge in [0.1, 0.15) is 0 Å². The Morgan fingerprint density at radius 2 is 1.84 bits per heavy atom. The van der Waals surface area contributed by atoms with E-state index in [1.165, 1.54) is 18.1 Å². The molecule has 0 saturated carbocycles. The smallest absolute Gasteiger partial charge is 0.302 e. The molecule has 1 N–H and O–H groups in total. The summed E-state index contributed by atoms with van der Waals surface area (Å²) in [5.41, 5.74) is 2.51. The molecule has 0 spiro atoms. The van der Waals surface area contributed by atoms with Crippen LogP contribution in [0.5, 0.6) is 0 Å². The van der Waals surface area contributed by atoms with E-state index < -0.39 is 0 Å². The average molecular weight is 346 g/mol. The zero-order valence-electron chi connectivity index (χ0n) is 15.5. The van der Waals surface area contributed by atoms with Gasteiger partial charge in [-0.05, 0) is 48.1 Å². The van der Waals surface area contributed by atoms with Gasteiger partial charge in [-0.15, -0.1) is 0 Å². The van der Waals surface area contributed by atoms with Gasteiger partial charge in [0.2, 0.25) is 0 Å². The van der Waals surface area contributed by atoms with Gasteiger partial charge in [-0.3, -0.25) is 4.79 Å². The molecule has 0 radical (unpaired) electrons. The zero-order chi connectivity index (χ0) is 18.0. The van der Waals surface area contributed by atoms with Crippen LogP contribution in [0.25, 0.3) is 0 Å². The molecule has 2 heterocycles. The topological polar surface area (TPSA) is 55.8 Å². The standard InChI is InChI=1S/C21H30O4/c1-14(23)24-12-18-17(19-8-9-20(18)25-19)10-15-6-4-5-7-16(15)11-21(2,3)13-22/h4-7,17-20,22H,8-13H2,1-3H3/t17-,18+,19+,20-/m1/s1. The van der Waals surface area contributed by atoms with E-state index in [0.29, 0.717) is 18.4 Å². The van der Waals surface area contributed by atoms with E-state index >= 15 is 0 Å². The molecule has 0 aromatic heterocycles. The Balaban J connectivity index is 1.75. The van der Waals surface area contributed by atoms with Gasteiger partial charge in [0.15, 0.2) is 0 Å². The van der Waals surface area contributed by atoms with Crippen molar-refractivity contribution in [1.82, 2.24) is 0 Å². The van der Waals surface area contributed by atoms with Crippen molar-refractivity contribution < 1.29 is 19.4 Å². The fraction of sp³-hybridized carbons (Fsp3) is 0.667. The van der Waals surface area contributed by atoms with Gasteiger partial charge in [0, 0.05) is 19.4 Å². The first-order valence-electron chi connectivity index (χ1n) is 9.36. The number of carbonyl (C=O) groups excluding carboxylic acids is 1. The number of hydrogen-bond donors (Lipinski definition) is 1. The molecule has 2 fully saturated rings. The summed E-state index contributed by atoms with van der Waals surface area (Å²) >= 11 is 0. The van der Waals surface area contributed by atoms with Crippen molar-refractivity contribution in [3.8, 4) is 0 Å². The third kappa shape index (κ3) is 4.24. The molecular weight excluding hydrogens is 316 g/mol. The number of aliphatic hydroxyl groups excluding tert-OH is 1. The summed E-state index contributed by atoms with van der Waals surface area (Å²) in [4.78, 5) is 11.2. The molecule has 4 heteroatoms. The van der Waals surface area contributed by atoms with Crippen molar-refractivity contribution >= 4 is 5.97 Å². The molecule has 1 aromatic carbocycles. The molecule has 0 unspecified atom stereocenters. The summed E-state index contributed by atoms with van der Waals surface area (Å²) in [5.74, 6) is 0.477. The molecule has 1 aromatic rings. The Morgan fingerprint density at radius 1 is 1.20 bits per heavy atom. The SMILES string of the molecule is CC(=O)OC[C@H]1[C@@H](Cc2ccccc2CC(C)(C)CO)[C@@H]2CC[C@H]1O2. The largest absolute Gasteiger partial charge is 0.465 e. The van der Waals surface area contributed by atoms with E-state index in [0.717, 1.165) is 25.7 Å². The molecule has 4 atom stereocenters. The van der Waals surface area contributed by atoms with Crippen molar-refractivity contribution in [2.75, 3.05) is 13.2 Å². The Hall–Kier alpha value is -1.39. The summed E-state index contributed by atoms with van der Waals surface area (Å²) < 4.78 is 11.5. The van der Waals surface area contributed by atoms with Crippen molar-refractivity contribution in [3.05, 3.63) is 35.4 Å². The van der Waals surface area contributed by atoms with Crippen LogP contribution in [0.4, 0.5) is 0 Å². The van der Waals surface area contributed by atoms with E-state index in [-0.39, 0.29) is 30.2 Å². The van der Waals surface area contributed by atoms with Crippen molar-refractivity contribution in [3.63, 3.8) is 0 Å². The van der Waals surface area contributed by atoms with Crippen LogP contribution in [0.15, 0.2) is 24.3 Å². The lowest BCUT2D eigenvalue weighted by atomic mass is 9.75. The first kappa shape index (κ1) is 18.4. The molecule has 4 nitrogen and oxygen atoms in total. The summed E-state index contributed by atoms with van der Waals surface area (Å²) in [6.45, 7) is 6.29. The van der Waals surface area contributed by atoms with Crippen molar-refractivity contribution in [2.24, 2.45) is 17.3 Å². The molecule has 2 aliphatic rings. The minimum Gasteiger partial charge on any atom is -0.465 e. The van der Waals surface area contributed by atoms with Crippen LogP contribution in [0.1, 0.15) is 44.7 Å². The lowest BCUT2D eigenvalue weighted by Gasteiger charge is -2.29. The molecule has 25 heavy (non-hydrogen) atoms. The maximum absolute atomic E-state index is 11.2. The van der Waals surface area contributed by atoms with E-state index in [9.17, 15) is 9.90 Å². The predicted octanol–water partition coefficient (Wildman–Crippen LogP) is 3.15. The number of benzene rings is 1. The van der Waals surface area contributed by atoms with Gasteiger partial charge in [0.25, 0.3) is 0 Å². The number of esters is 1. The third-order valence-electron chi connectivity index (χ3n) is 5.74. The number of rotatable bonds is 7. The fourth-order valence-corrected chi connectivity index (χ4v) is 4.35. The highest BCUT2D eigenvalue weighted by Gasteiger charge is 2.49. The minimum absolute atomic E-state index is 0.127. The lowest BCUT2D eigenvalue weighted by molar-refractivity contribution is -0.143. The second kappa shape index (κ2) is 7.46. The summed E-state index contributed by atoms with van der Waals surface area (Å²) in [7, 11) is 0. The fourth-order valence-electron chi connectivity index (χ4n) is 4.35. The second-order valence-corrected chi connectivity index (χ2v) is 8.39. The molecule has 0 aliphatic carbocycles. The van der Waals surface area contributed by atoms with Crippen molar-refractivity contribution in [1.29, 1.82) is 0 Å². The quantitative estimate of drug-likeness (QED) is 0.771. The monoisotopic (exact) mass is 346 g/mol. The Bertz CT molecular complexity index is 610. The maximum atomic E-state index is 11.2. The first-order valence-corrected chi connectivity index (χ1v) is 9.36. The Morgan fingerprint density at radius 3 is 2.48 bits per heavy atom. The molecule has 138 valence electrons. The number of aliphatic hydroxyl groups is 1. The van der Waals surface area contributed by atoms with Crippen LogP contribution in [0.3, 0.4) is 0 Å². The highest BCUT2D eigenvalue weighted by atomic mass is 16.5. The number of fused-ring (bicyclic) bond motifs is 2. The minimum atomic E-state index is -0.216. The Labute approximate surface area is 150 Å². The maximum Gasteiger partial charge on any atom is 0.302 e. The van der Waals surface area contributed by atoms with Crippen molar-refractivity contribution in [2.45, 2.75) is 58.7 Å². The molecule has 2 saturated heterocycles. The van der Waals surface area contributed by atoms with Gasteiger partial charge in [0.05, 0.1) is 18.8 Å². The highest BCUT2D eigenvalue weighted by Crippen LogP contribution is 2.45. The summed E-state index contributed by atoms with van der Waals surface area (Å²) in [5, 5.41) is 9.61. The van der Waals surface area contributed by atoms with Gasteiger partial charge in [-0.25, -0.2) is 0 Å². The number of ether oxygens (including phenoxy) is 2. The second-order valence-electron chi connectivity index (χ2n) is 8.39. The van der Waals surface area contributed by atoms with Crippen LogP contribution in [0.2, 0.25) is 0 Å². The van der Waals surface area contributed by atoms with Gasteiger partial charge in [-0.2, -0.15) is 0 Å². The van der Waals surface area contributed by atoms with Crippen LogP contribution in [-0.4, -0.2) is 36.5 Å². The molecular formula is C21H30O4. The van der Waals surface area contributed by atoms with Crippen LogP contribution >= 0.6 is 0 Å². The Kier molecular flexibility index (Phi) is 5.49. The molecule has 2 aliphatic heterocycles. The number of hydrogen-bond acceptors (Lipinski definition) is 4. The predicted molar refractivity (Wildman–Crippen MR) is 96.2 cm³/mol.